The first kappa shape index (κ1) is 6.16. The molecule has 0 aliphatic rings. The minimum Gasteiger partial charge on any atom is -0.410 e. The molecule has 48 valence electrons. The molecule has 0 aliphatic heterocycles. The van der Waals surface area contributed by atoms with Crippen LogP contribution in [-0.2, 0) is 4.79 Å². The predicted molar refractivity (Wildman–Crippen MR) is 32.5 cm³/mol. The van der Waals surface area contributed by atoms with Gasteiger partial charge in [0.05, 0.1) is 0 Å². The van der Waals surface area contributed by atoms with Crippen LogP contribution in [0.15, 0.2) is 12.3 Å². The highest BCUT2D eigenvalue weighted by atomic mass is 35.5. The number of H-pyrrole nitrogens is 1. The highest BCUT2D eigenvalue weighted by molar-refractivity contribution is 6.31. The molecule has 0 unspecified atom stereocenters. The molecule has 0 atom stereocenters. The van der Waals surface area contributed by atoms with Crippen molar-refractivity contribution in [1.29, 1.82) is 0 Å². The lowest BCUT2D eigenvalue weighted by atomic mass is 10.6. The highest BCUT2D eigenvalue weighted by Crippen LogP contribution is 2.20. The van der Waals surface area contributed by atoms with Crippen LogP contribution >= 0.6 is 11.6 Å². The number of halogens is 1. The van der Waals surface area contributed by atoms with Gasteiger partial charge in [-0.1, -0.05) is 11.6 Å². The minimum absolute atomic E-state index is 0.284. The van der Waals surface area contributed by atoms with Crippen molar-refractivity contribution in [2.45, 2.75) is 0 Å². The Balaban J connectivity index is 2.80. The fourth-order valence-electron chi connectivity index (χ4n) is 0.474. The summed E-state index contributed by atoms with van der Waals surface area (Å²) in [5.74, 6) is 0.284. The van der Waals surface area contributed by atoms with Gasteiger partial charge in [0.25, 0.3) is 6.47 Å². The second-order valence-electron chi connectivity index (χ2n) is 1.37. The number of nitrogens with one attached hydrogen (secondary N) is 1. The van der Waals surface area contributed by atoms with Gasteiger partial charge < -0.3 is 9.72 Å². The van der Waals surface area contributed by atoms with Crippen LogP contribution < -0.4 is 4.74 Å². The summed E-state index contributed by atoms with van der Waals surface area (Å²) in [4.78, 5) is 12.3. The number of rotatable bonds is 2. The zero-order valence-electron chi connectivity index (χ0n) is 4.43. The molecule has 0 bridgehead atoms. The summed E-state index contributed by atoms with van der Waals surface area (Å²) in [5, 5.41) is 0.405. The van der Waals surface area contributed by atoms with E-state index in [2.05, 4.69) is 9.72 Å². The van der Waals surface area contributed by atoms with Gasteiger partial charge in [0, 0.05) is 6.20 Å². The lowest BCUT2D eigenvalue weighted by Gasteiger charge is -1.89. The van der Waals surface area contributed by atoms with Crippen molar-refractivity contribution in [3.63, 3.8) is 0 Å². The largest absolute Gasteiger partial charge is 0.410 e. The molecule has 0 saturated carbocycles. The van der Waals surface area contributed by atoms with E-state index in [-0.39, 0.29) is 5.88 Å². The summed E-state index contributed by atoms with van der Waals surface area (Å²) in [7, 11) is 0. The molecule has 0 radical (unpaired) electrons. The van der Waals surface area contributed by atoms with Gasteiger partial charge in [-0.25, -0.2) is 0 Å². The number of carbonyl (C=O) groups is 1. The smallest absolute Gasteiger partial charge is 0.299 e. The van der Waals surface area contributed by atoms with E-state index in [4.69, 9.17) is 11.6 Å². The molecule has 0 aromatic carbocycles. The van der Waals surface area contributed by atoms with Crippen molar-refractivity contribution in [2.75, 3.05) is 0 Å². The summed E-state index contributed by atoms with van der Waals surface area (Å²) in [6, 6.07) is 1.60. The second kappa shape index (κ2) is 2.55. The molecular formula is C5H4ClNO2. The maximum Gasteiger partial charge on any atom is 0.299 e. The topological polar surface area (TPSA) is 42.1 Å². The van der Waals surface area contributed by atoms with E-state index in [0.29, 0.717) is 11.5 Å². The number of carbonyl (C=O) groups excluding carboxylic acids is 1. The first-order chi connectivity index (χ1) is 4.34. The molecule has 3 nitrogen and oxygen atoms in total. The van der Waals surface area contributed by atoms with Crippen LogP contribution in [0.5, 0.6) is 5.88 Å². The Morgan fingerprint density at radius 1 is 1.78 bits per heavy atom. The van der Waals surface area contributed by atoms with Crippen molar-refractivity contribution >= 4 is 18.1 Å². The standard InChI is InChI=1S/C5H4ClNO2/c6-4-1-2-7-5(4)9-3-8/h1-3,7H. The van der Waals surface area contributed by atoms with E-state index >= 15 is 0 Å². The Hall–Kier alpha value is -0.960. The molecule has 0 aliphatic carbocycles. The number of aromatic amines is 1. The third-order valence-electron chi connectivity index (χ3n) is 0.827. The van der Waals surface area contributed by atoms with Gasteiger partial charge in [-0.3, -0.25) is 4.79 Å². The van der Waals surface area contributed by atoms with Crippen LogP contribution in [0.25, 0.3) is 0 Å². The number of ether oxygens (including phenoxy) is 1. The zero-order valence-corrected chi connectivity index (χ0v) is 5.18. The molecular weight excluding hydrogens is 142 g/mol. The summed E-state index contributed by atoms with van der Waals surface area (Å²) in [6.07, 6.45) is 1.58. The lowest BCUT2D eigenvalue weighted by Crippen LogP contribution is -1.87. The first-order valence-electron chi connectivity index (χ1n) is 2.28. The van der Waals surface area contributed by atoms with Crippen molar-refractivity contribution in [2.24, 2.45) is 0 Å². The predicted octanol–water partition coefficient (Wildman–Crippen LogP) is 1.20. The van der Waals surface area contributed by atoms with E-state index in [0.717, 1.165) is 0 Å². The van der Waals surface area contributed by atoms with Crippen LogP contribution in [0.4, 0.5) is 0 Å². The van der Waals surface area contributed by atoms with Crippen molar-refractivity contribution in [3.05, 3.63) is 17.3 Å². The molecule has 0 spiro atoms. The first-order valence-corrected chi connectivity index (χ1v) is 2.65. The maximum absolute atomic E-state index is 9.72. The Labute approximate surface area is 56.6 Å². The van der Waals surface area contributed by atoms with Crippen LogP contribution in [-0.4, -0.2) is 11.5 Å². The summed E-state index contributed by atoms with van der Waals surface area (Å²) >= 11 is 5.50. The number of aromatic nitrogens is 1. The molecule has 0 fully saturated rings. The molecule has 1 rings (SSSR count). The Kier molecular flexibility index (Phi) is 1.75. The molecule has 1 aromatic heterocycles. The maximum atomic E-state index is 9.72. The fourth-order valence-corrected chi connectivity index (χ4v) is 0.636. The van der Waals surface area contributed by atoms with E-state index < -0.39 is 0 Å². The summed E-state index contributed by atoms with van der Waals surface area (Å²) in [6.45, 7) is 0.317. The average Bonchev–Trinajstić information content (AvgIpc) is 2.18. The Morgan fingerprint density at radius 3 is 3.00 bits per heavy atom. The summed E-state index contributed by atoms with van der Waals surface area (Å²) < 4.78 is 4.41. The molecule has 0 saturated heterocycles. The van der Waals surface area contributed by atoms with E-state index in [1.165, 1.54) is 0 Å². The normalized spacial score (nSPS) is 9.00. The Bertz CT molecular complexity index is 208. The SMILES string of the molecule is O=COc1[nH]ccc1Cl. The highest BCUT2D eigenvalue weighted by Gasteiger charge is 1.98. The van der Waals surface area contributed by atoms with Crippen molar-refractivity contribution < 1.29 is 9.53 Å². The van der Waals surface area contributed by atoms with Crippen LogP contribution in [0.2, 0.25) is 5.02 Å². The van der Waals surface area contributed by atoms with E-state index in [9.17, 15) is 4.79 Å². The van der Waals surface area contributed by atoms with Gasteiger partial charge in [0.15, 0.2) is 0 Å². The van der Waals surface area contributed by atoms with E-state index in [1.807, 2.05) is 0 Å². The van der Waals surface area contributed by atoms with Gasteiger partial charge in [-0.2, -0.15) is 0 Å². The monoisotopic (exact) mass is 145 g/mol. The third-order valence-corrected chi connectivity index (χ3v) is 1.12. The molecule has 1 aromatic rings. The second-order valence-corrected chi connectivity index (χ2v) is 1.78. The third kappa shape index (κ3) is 1.23. The zero-order chi connectivity index (χ0) is 6.69. The van der Waals surface area contributed by atoms with Crippen molar-refractivity contribution in [1.82, 2.24) is 4.98 Å². The van der Waals surface area contributed by atoms with Crippen LogP contribution in [0.1, 0.15) is 0 Å². The van der Waals surface area contributed by atoms with Gasteiger partial charge >= 0.3 is 0 Å². The van der Waals surface area contributed by atoms with Gasteiger partial charge in [0.2, 0.25) is 5.88 Å². The molecule has 1 N–H and O–H groups in total. The van der Waals surface area contributed by atoms with Gasteiger partial charge in [-0.15, -0.1) is 0 Å². The van der Waals surface area contributed by atoms with Gasteiger partial charge in [-0.05, 0) is 6.07 Å². The quantitative estimate of drug-likeness (QED) is 0.636. The number of hydrogen-bond acceptors (Lipinski definition) is 2. The molecule has 0 amide bonds. The fraction of sp³-hybridized carbons (Fsp3) is 0. The van der Waals surface area contributed by atoms with Crippen LogP contribution in [0.3, 0.4) is 0 Å². The number of hydrogen-bond donors (Lipinski definition) is 1. The lowest BCUT2D eigenvalue weighted by molar-refractivity contribution is -0.120. The van der Waals surface area contributed by atoms with Crippen LogP contribution in [0, 0.1) is 0 Å². The van der Waals surface area contributed by atoms with E-state index in [1.54, 1.807) is 12.3 Å². The molecule has 1 heterocycles. The minimum atomic E-state index is 0.284. The average molecular weight is 146 g/mol. The summed E-state index contributed by atoms with van der Waals surface area (Å²) in [5.41, 5.74) is 0. The molecule has 4 heteroatoms. The van der Waals surface area contributed by atoms with Crippen molar-refractivity contribution in [3.8, 4) is 5.88 Å². The van der Waals surface area contributed by atoms with Gasteiger partial charge in [0.1, 0.15) is 5.02 Å². The Morgan fingerprint density at radius 2 is 2.56 bits per heavy atom. The molecule has 9 heavy (non-hydrogen) atoms.